The van der Waals surface area contributed by atoms with Crippen molar-refractivity contribution >= 4 is 25.4 Å². The Labute approximate surface area is 450 Å². The van der Waals surface area contributed by atoms with E-state index in [1.54, 1.807) is 24.3 Å². The SMILES string of the molecule is C[C@]12C=CC(=O)C=C1CCC1C2C(O)C[C@@]2(C)C1C[C@H]1O[C@@H](C3CCCCC3)O[C@]12C(=O)COC(=O)C1CC[N+](C)(Cc2cc(C(O)COCCCNCCCCCCCc3ccccc3)ccc2OP(=O)(O)O)CC1. The van der Waals surface area contributed by atoms with Crippen LogP contribution < -0.4 is 9.84 Å². The third kappa shape index (κ3) is 12.5. The van der Waals surface area contributed by atoms with Gasteiger partial charge in [0.25, 0.3) is 0 Å². The first kappa shape index (κ1) is 57.1. The topological polar surface area (TPSA) is 207 Å². The Morgan fingerprint density at radius 3 is 2.43 bits per heavy atom. The molecule has 16 heteroatoms. The van der Waals surface area contributed by atoms with Crippen LogP contribution in [-0.4, -0.2) is 119 Å². The van der Waals surface area contributed by atoms with Crippen molar-refractivity contribution in [1.29, 1.82) is 0 Å². The van der Waals surface area contributed by atoms with E-state index in [0.29, 0.717) is 67.5 Å². The van der Waals surface area contributed by atoms with Crippen LogP contribution in [0.1, 0.15) is 146 Å². The third-order valence-electron chi connectivity index (χ3n) is 19.2. The van der Waals surface area contributed by atoms with Gasteiger partial charge in [0.05, 0.1) is 44.9 Å². The Balaban J connectivity index is 0.767. The summed E-state index contributed by atoms with van der Waals surface area (Å²) < 4.78 is 43.5. The van der Waals surface area contributed by atoms with Crippen molar-refractivity contribution < 1.29 is 66.9 Å². The van der Waals surface area contributed by atoms with E-state index in [9.17, 15) is 34.2 Å². The number of aliphatic hydroxyl groups is 2. The van der Waals surface area contributed by atoms with Gasteiger partial charge in [0, 0.05) is 47.7 Å². The molecule has 7 aliphatic rings. The fraction of sp³-hybridized carbons (Fsp3) is 0.683. The van der Waals surface area contributed by atoms with Gasteiger partial charge < -0.3 is 43.5 Å². The number of phosphoric acid groups is 1. The van der Waals surface area contributed by atoms with Crippen LogP contribution in [0.4, 0.5) is 0 Å². The maximum atomic E-state index is 15.1. The van der Waals surface area contributed by atoms with E-state index >= 15 is 4.79 Å². The molecule has 76 heavy (non-hydrogen) atoms. The summed E-state index contributed by atoms with van der Waals surface area (Å²) in [6, 6.07) is 15.4. The molecule has 2 aromatic rings. The number of ketones is 2. The van der Waals surface area contributed by atoms with Gasteiger partial charge in [-0.2, -0.15) is 0 Å². The van der Waals surface area contributed by atoms with Crippen molar-refractivity contribution in [2.45, 2.75) is 166 Å². The highest BCUT2D eigenvalue weighted by atomic mass is 31.2. The van der Waals surface area contributed by atoms with Gasteiger partial charge in [-0.05, 0) is 125 Å². The van der Waals surface area contributed by atoms with Gasteiger partial charge >= 0.3 is 13.8 Å². The van der Waals surface area contributed by atoms with Crippen LogP contribution in [0.2, 0.25) is 0 Å². The molecule has 5 unspecified atom stereocenters. The first-order chi connectivity index (χ1) is 36.4. The molecule has 2 aliphatic heterocycles. The number of rotatable bonds is 24. The van der Waals surface area contributed by atoms with E-state index in [1.165, 1.54) is 37.3 Å². The van der Waals surface area contributed by atoms with Crippen molar-refractivity contribution in [3.63, 3.8) is 0 Å². The molecule has 6 fully saturated rings. The first-order valence-electron chi connectivity index (χ1n) is 28.8. The Morgan fingerprint density at radius 2 is 1.67 bits per heavy atom. The van der Waals surface area contributed by atoms with Crippen molar-refractivity contribution in [3.8, 4) is 5.75 Å². The van der Waals surface area contributed by atoms with Gasteiger partial charge in [-0.1, -0.05) is 100 Å². The van der Waals surface area contributed by atoms with E-state index in [4.69, 9.17) is 23.5 Å². The van der Waals surface area contributed by atoms with Crippen LogP contribution in [0.25, 0.3) is 0 Å². The largest absolute Gasteiger partial charge is 0.524 e. The molecule has 0 spiro atoms. The number of aryl methyl sites for hydroxylation is 1. The zero-order chi connectivity index (χ0) is 53.7. The molecule has 2 saturated heterocycles. The number of likely N-dealkylation sites (tertiary alicyclic amines) is 1. The Kier molecular flexibility index (Phi) is 18.3. The number of benzene rings is 2. The number of hydrogen-bond acceptors (Lipinski definition) is 12. The lowest BCUT2D eigenvalue weighted by molar-refractivity contribution is -0.927. The van der Waals surface area contributed by atoms with Crippen LogP contribution >= 0.6 is 7.82 Å². The lowest BCUT2D eigenvalue weighted by Crippen LogP contribution is -2.63. The number of carbonyl (C=O) groups excluding carboxylic acids is 3. The van der Waals surface area contributed by atoms with Crippen LogP contribution in [0.3, 0.4) is 0 Å². The number of esters is 1. The van der Waals surface area contributed by atoms with Crippen molar-refractivity contribution in [2.75, 3.05) is 53.0 Å². The number of piperidine rings is 1. The van der Waals surface area contributed by atoms with Gasteiger partial charge in [0.1, 0.15) is 18.4 Å². The van der Waals surface area contributed by atoms with Gasteiger partial charge in [-0.25, -0.2) is 4.57 Å². The average Bonchev–Trinajstić information content (AvgIpc) is 3.90. The number of aliphatic hydroxyl groups excluding tert-OH is 2. The molecule has 0 aromatic heterocycles. The Morgan fingerprint density at radius 1 is 0.934 bits per heavy atom. The number of fused-ring (bicyclic) bond motifs is 7. The average molecular weight is 1070 g/mol. The molecule has 0 amide bonds. The molecule has 2 heterocycles. The van der Waals surface area contributed by atoms with Crippen molar-refractivity contribution in [1.82, 2.24) is 5.32 Å². The number of quaternary nitrogens is 1. The molecule has 2 aromatic carbocycles. The van der Waals surface area contributed by atoms with Crippen LogP contribution in [0.15, 0.2) is 72.3 Å². The number of carbonyl (C=O) groups is 3. The van der Waals surface area contributed by atoms with Gasteiger partial charge in [-0.3, -0.25) is 24.2 Å². The maximum Gasteiger partial charge on any atom is 0.524 e. The number of Topliss-reactive ketones (excluding diaryl/α,β-unsaturated/α-hetero) is 1. The summed E-state index contributed by atoms with van der Waals surface area (Å²) in [4.78, 5) is 61.2. The van der Waals surface area contributed by atoms with Crippen LogP contribution in [0, 0.1) is 40.4 Å². The minimum atomic E-state index is -4.91. The molecular weight excluding hydrogens is 988 g/mol. The smallest absolute Gasteiger partial charge is 0.457 e. The first-order valence-corrected chi connectivity index (χ1v) is 30.3. The van der Waals surface area contributed by atoms with Gasteiger partial charge in [0.15, 0.2) is 24.3 Å². The van der Waals surface area contributed by atoms with E-state index < -0.39 is 67.3 Å². The van der Waals surface area contributed by atoms with E-state index in [1.807, 2.05) is 13.1 Å². The molecule has 5 N–H and O–H groups in total. The summed E-state index contributed by atoms with van der Waals surface area (Å²) in [5.74, 6) is -1.14. The predicted octanol–water partition coefficient (Wildman–Crippen LogP) is 8.80. The number of nitrogens with one attached hydrogen (secondary N) is 1. The minimum absolute atomic E-state index is 0.00441. The predicted molar refractivity (Wildman–Crippen MR) is 286 cm³/mol. The summed E-state index contributed by atoms with van der Waals surface area (Å²) in [6.07, 6.45) is 19.1. The molecule has 418 valence electrons. The quantitative estimate of drug-likeness (QED) is 0.0288. The second kappa shape index (κ2) is 24.4. The number of allylic oxidation sites excluding steroid dienone is 4. The van der Waals surface area contributed by atoms with Gasteiger partial charge in [0.2, 0.25) is 5.78 Å². The van der Waals surface area contributed by atoms with E-state index in [2.05, 4.69) is 49.5 Å². The second-order valence-corrected chi connectivity index (χ2v) is 25.5. The standard InChI is InChI=1S/C60H85N2O13P/c1-58-28-25-47(63)35-46(58)22-23-48-49-36-54-60(59(49,2)37-50(64)55(48)58,74-57(73-54)43-19-12-8-13-20-43)53(66)40-72-56(67)42-26-31-62(3,32-27-42)38-45-34-44(21-24-52(45)75-76(68,69)70)51(65)39-71-33-15-30-61-29-14-6-4-5-9-16-41-17-10-7-11-18-41/h7,10-11,17-18,21,24-25,28,34-35,42-43,48-51,54-55,57,61,64-65H,4-6,8-9,12-16,19-20,22-23,26-27,29-33,36-40H2,1-3H3,(H-,68,69,70)/p+1/t42?,48?,49?,50?,51?,54-,55?,57-,58+,59+,60-,62?/m1/s1. The second-order valence-electron chi connectivity index (χ2n) is 24.4. The lowest BCUT2D eigenvalue weighted by Gasteiger charge is -2.59. The fourth-order valence-corrected chi connectivity index (χ4v) is 15.6. The summed E-state index contributed by atoms with van der Waals surface area (Å²) in [5, 5.41) is 26.9. The molecule has 0 bridgehead atoms. The summed E-state index contributed by atoms with van der Waals surface area (Å²) >= 11 is 0. The lowest BCUT2D eigenvalue weighted by atomic mass is 9.46. The highest BCUT2D eigenvalue weighted by Crippen LogP contribution is 2.70. The molecule has 9 rings (SSSR count). The Bertz CT molecular complexity index is 2450. The van der Waals surface area contributed by atoms with E-state index in [-0.39, 0.29) is 47.6 Å². The Hall–Kier alpha value is -3.60. The minimum Gasteiger partial charge on any atom is -0.457 e. The fourth-order valence-electron chi connectivity index (χ4n) is 15.2. The van der Waals surface area contributed by atoms with E-state index in [0.717, 1.165) is 82.9 Å². The van der Waals surface area contributed by atoms with Crippen LogP contribution in [-0.2, 0) is 50.9 Å². The summed E-state index contributed by atoms with van der Waals surface area (Å²) in [7, 11) is -2.89. The number of unbranched alkanes of at least 4 members (excludes halogenated alkanes) is 4. The monoisotopic (exact) mass is 1070 g/mol. The van der Waals surface area contributed by atoms with Crippen molar-refractivity contribution in [2.24, 2.45) is 40.4 Å². The highest BCUT2D eigenvalue weighted by molar-refractivity contribution is 7.46. The van der Waals surface area contributed by atoms with Crippen LogP contribution in [0.5, 0.6) is 5.75 Å². The number of phosphoric ester groups is 1. The molecular formula is C60H86N2O13P+. The normalized spacial score (nSPS) is 33.6. The van der Waals surface area contributed by atoms with Gasteiger partial charge in [-0.15, -0.1) is 0 Å². The number of hydrogen-bond donors (Lipinski definition) is 5. The van der Waals surface area contributed by atoms with Crippen molar-refractivity contribution in [3.05, 3.63) is 89.0 Å². The maximum absolute atomic E-state index is 15.1. The molecule has 0 radical (unpaired) electrons. The highest BCUT2D eigenvalue weighted by Gasteiger charge is 2.76. The molecule has 15 nitrogen and oxygen atoms in total. The molecule has 5 aliphatic carbocycles. The number of ether oxygens (including phenoxy) is 4. The zero-order valence-electron chi connectivity index (χ0n) is 45.3. The third-order valence-corrected chi connectivity index (χ3v) is 19.7. The molecule has 10 atom stereocenters. The zero-order valence-corrected chi connectivity index (χ0v) is 46.2. The summed E-state index contributed by atoms with van der Waals surface area (Å²) in [6.45, 7) is 7.46. The number of nitrogens with zero attached hydrogens (tertiary/aromatic N) is 1. The summed E-state index contributed by atoms with van der Waals surface area (Å²) in [5.41, 5.74) is 0.865. The molecule has 4 saturated carbocycles.